The number of hydrogen-bond acceptors (Lipinski definition) is 1. The molecule has 2 rings (SSSR count). The van der Waals surface area contributed by atoms with Gasteiger partial charge in [-0.1, -0.05) is 6.92 Å². The Labute approximate surface area is 71.7 Å². The van der Waals surface area contributed by atoms with Crippen LogP contribution in [0, 0.1) is 5.41 Å². The Kier molecular flexibility index (Phi) is 1.54. The molecule has 0 bridgehead atoms. The van der Waals surface area contributed by atoms with E-state index in [2.05, 4.69) is 11.8 Å². The van der Waals surface area contributed by atoms with E-state index in [9.17, 15) is 8.78 Å². The maximum absolute atomic E-state index is 12.9. The largest absolute Gasteiger partial charge is 0.303 e. The van der Waals surface area contributed by atoms with Gasteiger partial charge in [0.15, 0.2) is 0 Å². The van der Waals surface area contributed by atoms with Crippen molar-refractivity contribution in [3.8, 4) is 0 Å². The summed E-state index contributed by atoms with van der Waals surface area (Å²) in [5, 5.41) is 0. The Morgan fingerprint density at radius 2 is 2.08 bits per heavy atom. The lowest BCUT2D eigenvalue weighted by Crippen LogP contribution is -2.24. The van der Waals surface area contributed by atoms with Crippen molar-refractivity contribution in [2.24, 2.45) is 5.41 Å². The molecule has 0 radical (unpaired) electrons. The van der Waals surface area contributed by atoms with E-state index in [4.69, 9.17) is 0 Å². The molecule has 2 atom stereocenters. The van der Waals surface area contributed by atoms with Crippen molar-refractivity contribution in [3.63, 3.8) is 0 Å². The van der Waals surface area contributed by atoms with Crippen LogP contribution < -0.4 is 0 Å². The minimum Gasteiger partial charge on any atom is -0.303 e. The van der Waals surface area contributed by atoms with Gasteiger partial charge in [-0.25, -0.2) is 8.78 Å². The molecule has 0 amide bonds. The second-order valence-corrected chi connectivity index (χ2v) is 4.34. The molecular formula is C9H15F2N. The number of rotatable bonds is 1. The molecule has 0 N–H and O–H groups in total. The number of likely N-dealkylation sites (tertiary alicyclic amines) is 1. The zero-order chi connectivity index (χ0) is 8.98. The van der Waals surface area contributed by atoms with Gasteiger partial charge in [0.25, 0.3) is 5.92 Å². The van der Waals surface area contributed by atoms with E-state index in [1.807, 2.05) is 7.05 Å². The average Bonchev–Trinajstić information content (AvgIpc) is 2.35. The van der Waals surface area contributed by atoms with Gasteiger partial charge in [-0.3, -0.25) is 0 Å². The molecule has 2 fully saturated rings. The van der Waals surface area contributed by atoms with Gasteiger partial charge in [0.1, 0.15) is 0 Å². The SMILES string of the molecule is CC[C@H]1CC2(CN1C)CC2(F)F. The van der Waals surface area contributed by atoms with Crippen LogP contribution in [0.4, 0.5) is 8.78 Å². The maximum Gasteiger partial charge on any atom is 0.255 e. The van der Waals surface area contributed by atoms with Crippen LogP contribution in [0.1, 0.15) is 26.2 Å². The quantitative estimate of drug-likeness (QED) is 0.590. The highest BCUT2D eigenvalue weighted by molar-refractivity contribution is 5.16. The van der Waals surface area contributed by atoms with Gasteiger partial charge in [0.05, 0.1) is 5.41 Å². The first-order chi connectivity index (χ1) is 5.51. The van der Waals surface area contributed by atoms with Crippen molar-refractivity contribution in [2.45, 2.75) is 38.2 Å². The molecule has 1 saturated carbocycles. The van der Waals surface area contributed by atoms with Crippen LogP contribution in [-0.4, -0.2) is 30.5 Å². The van der Waals surface area contributed by atoms with E-state index in [0.717, 1.165) is 6.42 Å². The molecule has 2 aliphatic rings. The molecule has 3 heteroatoms. The van der Waals surface area contributed by atoms with E-state index in [1.54, 1.807) is 0 Å². The molecular weight excluding hydrogens is 160 g/mol. The molecule has 12 heavy (non-hydrogen) atoms. The zero-order valence-electron chi connectivity index (χ0n) is 7.61. The molecule has 1 spiro atoms. The van der Waals surface area contributed by atoms with Crippen LogP contribution in [0.25, 0.3) is 0 Å². The fraction of sp³-hybridized carbons (Fsp3) is 1.00. The zero-order valence-corrected chi connectivity index (χ0v) is 7.61. The van der Waals surface area contributed by atoms with Crippen molar-refractivity contribution < 1.29 is 8.78 Å². The fourth-order valence-corrected chi connectivity index (χ4v) is 2.51. The lowest BCUT2D eigenvalue weighted by Gasteiger charge is -2.15. The van der Waals surface area contributed by atoms with Gasteiger partial charge in [-0.2, -0.15) is 0 Å². The smallest absolute Gasteiger partial charge is 0.255 e. The third-order valence-electron chi connectivity index (χ3n) is 3.48. The van der Waals surface area contributed by atoms with Gasteiger partial charge in [-0.05, 0) is 19.9 Å². The predicted molar refractivity (Wildman–Crippen MR) is 43.3 cm³/mol. The van der Waals surface area contributed by atoms with Gasteiger partial charge in [0, 0.05) is 19.0 Å². The Morgan fingerprint density at radius 1 is 1.50 bits per heavy atom. The average molecular weight is 175 g/mol. The summed E-state index contributed by atoms with van der Waals surface area (Å²) in [5.41, 5.74) is -0.623. The number of hydrogen-bond donors (Lipinski definition) is 0. The topological polar surface area (TPSA) is 3.24 Å². The van der Waals surface area contributed by atoms with E-state index < -0.39 is 11.3 Å². The summed E-state index contributed by atoms with van der Waals surface area (Å²) in [6.07, 6.45) is 1.82. The van der Waals surface area contributed by atoms with Crippen molar-refractivity contribution in [1.82, 2.24) is 4.90 Å². The Morgan fingerprint density at radius 3 is 2.33 bits per heavy atom. The van der Waals surface area contributed by atoms with Crippen LogP contribution in [0.5, 0.6) is 0 Å². The summed E-state index contributed by atoms with van der Waals surface area (Å²) in [6, 6.07) is 0.387. The van der Waals surface area contributed by atoms with Gasteiger partial charge >= 0.3 is 0 Å². The summed E-state index contributed by atoms with van der Waals surface area (Å²) in [7, 11) is 1.96. The van der Waals surface area contributed by atoms with Crippen LogP contribution in [0.2, 0.25) is 0 Å². The van der Waals surface area contributed by atoms with E-state index in [0.29, 0.717) is 19.0 Å². The molecule has 1 saturated heterocycles. The third-order valence-corrected chi connectivity index (χ3v) is 3.48. The highest BCUT2D eigenvalue weighted by atomic mass is 19.3. The standard InChI is InChI=1S/C9H15F2N/c1-3-7-4-8(6-12(7)2)5-9(8,10)11/h7H,3-6H2,1-2H3/t7-,8?/m0/s1. The lowest BCUT2D eigenvalue weighted by molar-refractivity contribution is 0.0672. The van der Waals surface area contributed by atoms with Gasteiger partial charge in [-0.15, -0.1) is 0 Å². The van der Waals surface area contributed by atoms with Crippen molar-refractivity contribution in [1.29, 1.82) is 0 Å². The Hall–Kier alpha value is -0.180. The highest BCUT2D eigenvalue weighted by Crippen LogP contribution is 2.66. The minimum absolute atomic E-state index is 0.126. The van der Waals surface area contributed by atoms with Gasteiger partial charge < -0.3 is 4.90 Å². The molecule has 1 nitrogen and oxygen atoms in total. The molecule has 1 aliphatic carbocycles. The predicted octanol–water partition coefficient (Wildman–Crippen LogP) is 2.13. The fourth-order valence-electron chi connectivity index (χ4n) is 2.51. The normalized spacial score (nSPS) is 45.5. The van der Waals surface area contributed by atoms with Crippen LogP contribution in [-0.2, 0) is 0 Å². The Bertz CT molecular complexity index is 205. The van der Waals surface area contributed by atoms with Crippen molar-refractivity contribution in [3.05, 3.63) is 0 Å². The summed E-state index contributed by atoms with van der Waals surface area (Å²) >= 11 is 0. The first kappa shape index (κ1) is 8.42. The maximum atomic E-state index is 12.9. The molecule has 0 aromatic rings. The molecule has 0 aromatic carbocycles. The van der Waals surface area contributed by atoms with Crippen LogP contribution >= 0.6 is 0 Å². The molecule has 1 aliphatic heterocycles. The van der Waals surface area contributed by atoms with E-state index >= 15 is 0 Å². The summed E-state index contributed by atoms with van der Waals surface area (Å²) in [5.74, 6) is -2.36. The summed E-state index contributed by atoms with van der Waals surface area (Å²) in [6.45, 7) is 2.67. The second-order valence-electron chi connectivity index (χ2n) is 4.34. The number of nitrogens with zero attached hydrogens (tertiary/aromatic N) is 1. The summed E-state index contributed by atoms with van der Waals surface area (Å²) < 4.78 is 25.9. The van der Waals surface area contributed by atoms with Crippen LogP contribution in [0.15, 0.2) is 0 Å². The Balaban J connectivity index is 2.08. The molecule has 0 aromatic heterocycles. The lowest BCUT2D eigenvalue weighted by atomic mass is 10.0. The van der Waals surface area contributed by atoms with Crippen molar-refractivity contribution >= 4 is 0 Å². The van der Waals surface area contributed by atoms with Crippen LogP contribution in [0.3, 0.4) is 0 Å². The van der Waals surface area contributed by atoms with Crippen molar-refractivity contribution in [2.75, 3.05) is 13.6 Å². The monoisotopic (exact) mass is 175 g/mol. The van der Waals surface area contributed by atoms with E-state index in [-0.39, 0.29) is 6.42 Å². The minimum atomic E-state index is -2.36. The third kappa shape index (κ3) is 0.920. The molecule has 70 valence electrons. The number of alkyl halides is 2. The summed E-state index contributed by atoms with van der Waals surface area (Å²) in [4.78, 5) is 2.08. The van der Waals surface area contributed by atoms with E-state index in [1.165, 1.54) is 0 Å². The second kappa shape index (κ2) is 2.19. The highest BCUT2D eigenvalue weighted by Gasteiger charge is 2.73. The number of halogens is 2. The first-order valence-electron chi connectivity index (χ1n) is 4.59. The molecule has 1 heterocycles. The molecule has 1 unspecified atom stereocenters. The first-order valence-corrected chi connectivity index (χ1v) is 4.59. The van der Waals surface area contributed by atoms with Gasteiger partial charge in [0.2, 0.25) is 0 Å².